The highest BCUT2D eigenvalue weighted by Crippen LogP contribution is 2.38. The van der Waals surface area contributed by atoms with E-state index in [1.54, 1.807) is 20.8 Å². The van der Waals surface area contributed by atoms with Gasteiger partial charge in [-0.3, -0.25) is 19.2 Å². The van der Waals surface area contributed by atoms with Gasteiger partial charge in [-0.05, 0) is 45.4 Å². The highest BCUT2D eigenvalue weighted by Gasteiger charge is 2.52. The number of nitrogens with one attached hydrogen (secondary N) is 1. The van der Waals surface area contributed by atoms with Gasteiger partial charge in [-0.25, -0.2) is 0 Å². The number of nitrogens with zero attached hydrogens (tertiary/aromatic N) is 1. The minimum absolute atomic E-state index is 0.0450. The molecule has 142 valence electrons. The fraction of sp³-hybridized carbons (Fsp3) is 0.421. The Labute approximate surface area is 161 Å². The Morgan fingerprint density at radius 3 is 2.52 bits per heavy atom. The summed E-state index contributed by atoms with van der Waals surface area (Å²) in [5.74, 6) is -5.00. The molecule has 0 fully saturated rings. The Balaban J connectivity index is 2.31. The molecule has 0 heterocycles. The van der Waals surface area contributed by atoms with Crippen LogP contribution in [0.3, 0.4) is 0 Å². The van der Waals surface area contributed by atoms with Crippen molar-refractivity contribution in [1.29, 1.82) is 5.26 Å². The maximum absolute atomic E-state index is 12.8. The Kier molecular flexibility index (Phi) is 5.43. The predicted octanol–water partition coefficient (Wildman–Crippen LogP) is 1.96. The summed E-state index contributed by atoms with van der Waals surface area (Å²) in [6.45, 7) is 5.85. The summed E-state index contributed by atoms with van der Waals surface area (Å²) in [5, 5.41) is 12.0. The lowest BCUT2D eigenvalue weighted by Crippen LogP contribution is -2.52. The Hall–Kier alpha value is -2.72. The summed E-state index contributed by atoms with van der Waals surface area (Å²) in [6.07, 6.45) is 0. The standard InChI is InChI=1S/C19H19ClN2O5/c1-18(2,3)27-13(23)8-22-17(26)14-15(24)11-7-10(20)5-6-12(11)19(4,9-21)16(14)25/h5-7,14H,8H2,1-4H3,(H,22,26). The van der Waals surface area contributed by atoms with Gasteiger partial charge >= 0.3 is 5.97 Å². The normalized spacial score (nSPS) is 21.9. The number of carbonyl (C=O) groups excluding carboxylic acids is 4. The highest BCUT2D eigenvalue weighted by molar-refractivity contribution is 6.33. The molecule has 7 nitrogen and oxygen atoms in total. The number of hydrogen-bond acceptors (Lipinski definition) is 6. The lowest BCUT2D eigenvalue weighted by molar-refractivity contribution is -0.155. The smallest absolute Gasteiger partial charge is 0.325 e. The molecule has 0 radical (unpaired) electrons. The van der Waals surface area contributed by atoms with Crippen molar-refractivity contribution in [1.82, 2.24) is 5.32 Å². The van der Waals surface area contributed by atoms with Gasteiger partial charge in [-0.15, -0.1) is 0 Å². The minimum atomic E-state index is -1.73. The van der Waals surface area contributed by atoms with Crippen LogP contribution in [-0.2, 0) is 24.5 Å². The van der Waals surface area contributed by atoms with Crippen LogP contribution in [0.1, 0.15) is 43.6 Å². The molecule has 1 aliphatic rings. The molecule has 2 rings (SSSR count). The number of amides is 1. The van der Waals surface area contributed by atoms with Crippen molar-refractivity contribution in [2.75, 3.05) is 6.54 Å². The van der Waals surface area contributed by atoms with Crippen LogP contribution in [0.4, 0.5) is 0 Å². The minimum Gasteiger partial charge on any atom is -0.459 e. The summed E-state index contributed by atoms with van der Waals surface area (Å²) in [4.78, 5) is 49.8. The Morgan fingerprint density at radius 2 is 1.96 bits per heavy atom. The quantitative estimate of drug-likeness (QED) is 0.623. The van der Waals surface area contributed by atoms with Crippen molar-refractivity contribution in [2.24, 2.45) is 5.92 Å². The van der Waals surface area contributed by atoms with Crippen molar-refractivity contribution >= 4 is 35.0 Å². The summed E-state index contributed by atoms with van der Waals surface area (Å²) in [5.41, 5.74) is -2.17. The van der Waals surface area contributed by atoms with Crippen LogP contribution >= 0.6 is 11.6 Å². The van der Waals surface area contributed by atoms with E-state index in [0.717, 1.165) is 0 Å². The summed E-state index contributed by atoms with van der Waals surface area (Å²) in [6, 6.07) is 6.13. The zero-order valence-electron chi connectivity index (χ0n) is 15.4. The molecule has 1 aliphatic carbocycles. The topological polar surface area (TPSA) is 113 Å². The molecule has 2 unspecified atom stereocenters. The average molecular weight is 391 g/mol. The second-order valence-electron chi connectivity index (χ2n) is 7.39. The summed E-state index contributed by atoms with van der Waals surface area (Å²) >= 11 is 5.92. The third kappa shape index (κ3) is 4.01. The molecular weight excluding hydrogens is 372 g/mol. The molecular formula is C19H19ClN2O5. The summed E-state index contributed by atoms with van der Waals surface area (Å²) < 4.78 is 5.07. The van der Waals surface area contributed by atoms with E-state index >= 15 is 0 Å². The molecule has 8 heteroatoms. The van der Waals surface area contributed by atoms with Crippen LogP contribution in [0.5, 0.6) is 0 Å². The maximum atomic E-state index is 12.8. The van der Waals surface area contributed by atoms with Crippen LogP contribution in [0, 0.1) is 17.2 Å². The van der Waals surface area contributed by atoms with E-state index < -0.39 is 46.9 Å². The molecule has 0 spiro atoms. The van der Waals surface area contributed by atoms with Gasteiger partial charge < -0.3 is 10.1 Å². The van der Waals surface area contributed by atoms with E-state index in [0.29, 0.717) is 0 Å². The number of Topliss-reactive ketones (excluding diaryl/α,β-unsaturated/α-hetero) is 2. The first-order valence-electron chi connectivity index (χ1n) is 8.20. The van der Waals surface area contributed by atoms with E-state index in [1.807, 2.05) is 6.07 Å². The van der Waals surface area contributed by atoms with E-state index in [4.69, 9.17) is 16.3 Å². The number of halogens is 1. The molecule has 0 saturated heterocycles. The first-order valence-corrected chi connectivity index (χ1v) is 8.58. The van der Waals surface area contributed by atoms with Gasteiger partial charge in [-0.1, -0.05) is 17.7 Å². The van der Waals surface area contributed by atoms with Crippen LogP contribution < -0.4 is 5.32 Å². The van der Waals surface area contributed by atoms with Gasteiger partial charge in [0.05, 0.1) is 6.07 Å². The van der Waals surface area contributed by atoms with Crippen molar-refractivity contribution in [3.8, 4) is 6.07 Å². The molecule has 0 aliphatic heterocycles. The fourth-order valence-electron chi connectivity index (χ4n) is 2.84. The third-order valence-electron chi connectivity index (χ3n) is 4.12. The van der Waals surface area contributed by atoms with Gasteiger partial charge in [0.15, 0.2) is 17.5 Å². The van der Waals surface area contributed by atoms with Crippen molar-refractivity contribution in [3.05, 3.63) is 34.3 Å². The number of benzene rings is 1. The number of ether oxygens (including phenoxy) is 1. The lowest BCUT2D eigenvalue weighted by Gasteiger charge is -2.32. The third-order valence-corrected chi connectivity index (χ3v) is 4.35. The van der Waals surface area contributed by atoms with Crippen molar-refractivity contribution in [3.63, 3.8) is 0 Å². The SMILES string of the molecule is CC(C)(C)OC(=O)CNC(=O)C1C(=O)c2cc(Cl)ccc2C(C)(C#N)C1=O. The number of esters is 1. The fourth-order valence-corrected chi connectivity index (χ4v) is 3.02. The van der Waals surface area contributed by atoms with Gasteiger partial charge in [-0.2, -0.15) is 5.26 Å². The number of hydrogen-bond donors (Lipinski definition) is 1. The molecule has 1 N–H and O–H groups in total. The first-order chi connectivity index (χ1) is 12.4. The second kappa shape index (κ2) is 7.12. The number of nitriles is 1. The van der Waals surface area contributed by atoms with Crippen LogP contribution in [0.25, 0.3) is 0 Å². The Morgan fingerprint density at radius 1 is 1.33 bits per heavy atom. The molecule has 1 aromatic carbocycles. The van der Waals surface area contributed by atoms with Gasteiger partial charge in [0.2, 0.25) is 5.91 Å². The molecule has 0 saturated carbocycles. The molecule has 2 atom stereocenters. The molecule has 1 amide bonds. The average Bonchev–Trinajstić information content (AvgIpc) is 2.56. The molecule has 0 bridgehead atoms. The molecule has 1 aromatic rings. The second-order valence-corrected chi connectivity index (χ2v) is 7.83. The van der Waals surface area contributed by atoms with Crippen LogP contribution in [0.2, 0.25) is 5.02 Å². The largest absolute Gasteiger partial charge is 0.459 e. The lowest BCUT2D eigenvalue weighted by atomic mass is 9.66. The summed E-state index contributed by atoms with van der Waals surface area (Å²) in [7, 11) is 0. The van der Waals surface area contributed by atoms with Crippen molar-refractivity contribution < 1.29 is 23.9 Å². The number of carbonyl (C=O) groups is 4. The van der Waals surface area contributed by atoms with Crippen LogP contribution in [-0.4, -0.2) is 35.6 Å². The zero-order valence-corrected chi connectivity index (χ0v) is 16.1. The number of fused-ring (bicyclic) bond motifs is 1. The Bertz CT molecular complexity index is 881. The van der Waals surface area contributed by atoms with Gasteiger partial charge in [0.1, 0.15) is 17.6 Å². The van der Waals surface area contributed by atoms with Crippen LogP contribution in [0.15, 0.2) is 18.2 Å². The predicted molar refractivity (Wildman–Crippen MR) is 96.1 cm³/mol. The van der Waals surface area contributed by atoms with Gasteiger partial charge in [0, 0.05) is 10.6 Å². The van der Waals surface area contributed by atoms with E-state index in [1.165, 1.54) is 25.1 Å². The van der Waals surface area contributed by atoms with E-state index in [9.17, 15) is 24.4 Å². The first kappa shape index (κ1) is 20.6. The monoisotopic (exact) mass is 390 g/mol. The number of ketones is 2. The zero-order chi connectivity index (χ0) is 20.6. The highest BCUT2D eigenvalue weighted by atomic mass is 35.5. The van der Waals surface area contributed by atoms with Gasteiger partial charge in [0.25, 0.3) is 0 Å². The number of rotatable bonds is 3. The van der Waals surface area contributed by atoms with E-state index in [2.05, 4.69) is 5.32 Å². The maximum Gasteiger partial charge on any atom is 0.325 e. The van der Waals surface area contributed by atoms with Crippen molar-refractivity contribution in [2.45, 2.75) is 38.7 Å². The molecule has 0 aromatic heterocycles. The van der Waals surface area contributed by atoms with E-state index in [-0.39, 0.29) is 16.1 Å². The molecule has 27 heavy (non-hydrogen) atoms.